The normalized spacial score (nSPS) is 24.3. The minimum atomic E-state index is -0.292. The number of hydrogen-bond acceptors (Lipinski definition) is 7. The molecule has 4 atom stereocenters. The Morgan fingerprint density at radius 3 is 2.94 bits per heavy atom. The van der Waals surface area contributed by atoms with Crippen molar-refractivity contribution in [3.8, 4) is 0 Å². The van der Waals surface area contributed by atoms with Crippen LogP contribution in [0.15, 0.2) is 47.1 Å². The van der Waals surface area contributed by atoms with Gasteiger partial charge in [0.15, 0.2) is 11.4 Å². The Balaban J connectivity index is 1.35. The number of nitrogens with two attached hydrogens (primary N) is 1. The lowest BCUT2D eigenvalue weighted by atomic mass is 9.88. The molecule has 31 heavy (non-hydrogen) atoms. The van der Waals surface area contributed by atoms with Gasteiger partial charge in [0.25, 0.3) is 0 Å². The van der Waals surface area contributed by atoms with Crippen molar-refractivity contribution in [1.82, 2.24) is 20.2 Å². The van der Waals surface area contributed by atoms with E-state index in [0.717, 1.165) is 28.7 Å². The molecule has 5 N–H and O–H groups in total. The molecule has 3 aromatic heterocycles. The molecular formula is C22H21N7O2. The number of anilines is 3. The van der Waals surface area contributed by atoms with Crippen LogP contribution in [0.4, 0.5) is 17.5 Å². The standard InChI is InChI=1S/C22H21N7O2/c1-10-14-5-4-13(9-16(14)29-28-10)24-22-25-15-6-7-31-19(15)21(27-22)26-18-12-3-2-11(8-12)17(18)20(23)30/h2-7,9,11-12,17-18H,8H2,1H3,(H2,23,30)(H,28,29)(H2,24,25,26,27). The lowest BCUT2D eigenvalue weighted by Crippen LogP contribution is -2.41. The number of amides is 1. The van der Waals surface area contributed by atoms with Crippen LogP contribution in [0.5, 0.6) is 0 Å². The molecule has 4 aromatic rings. The molecule has 0 saturated heterocycles. The first-order valence-corrected chi connectivity index (χ1v) is 10.3. The van der Waals surface area contributed by atoms with Crippen molar-refractivity contribution in [3.63, 3.8) is 0 Å². The zero-order chi connectivity index (χ0) is 21.1. The molecular weight excluding hydrogens is 394 g/mol. The van der Waals surface area contributed by atoms with E-state index in [1.165, 1.54) is 0 Å². The van der Waals surface area contributed by atoms with E-state index in [4.69, 9.17) is 10.2 Å². The first-order chi connectivity index (χ1) is 15.1. The van der Waals surface area contributed by atoms with Gasteiger partial charge in [0.1, 0.15) is 5.52 Å². The van der Waals surface area contributed by atoms with Gasteiger partial charge in [0, 0.05) is 28.9 Å². The number of aromatic nitrogens is 4. The number of carbonyl (C=O) groups excluding carboxylic acids is 1. The highest BCUT2D eigenvalue weighted by molar-refractivity contribution is 5.88. The molecule has 2 bridgehead atoms. The van der Waals surface area contributed by atoms with Crippen LogP contribution >= 0.6 is 0 Å². The molecule has 9 heteroatoms. The fraction of sp³-hybridized carbons (Fsp3) is 0.273. The molecule has 2 aliphatic carbocycles. The maximum atomic E-state index is 12.1. The van der Waals surface area contributed by atoms with E-state index < -0.39 is 0 Å². The van der Waals surface area contributed by atoms with Crippen molar-refractivity contribution >= 4 is 45.4 Å². The van der Waals surface area contributed by atoms with E-state index in [2.05, 4.69) is 43.0 Å². The lowest BCUT2D eigenvalue weighted by molar-refractivity contribution is -0.122. The molecule has 1 saturated carbocycles. The zero-order valence-corrected chi connectivity index (χ0v) is 16.8. The number of fused-ring (bicyclic) bond motifs is 4. The molecule has 1 amide bonds. The molecule has 6 rings (SSSR count). The Labute approximate surface area is 177 Å². The van der Waals surface area contributed by atoms with Crippen molar-refractivity contribution in [2.45, 2.75) is 19.4 Å². The van der Waals surface area contributed by atoms with Crippen LogP contribution in [-0.2, 0) is 4.79 Å². The van der Waals surface area contributed by atoms with Crippen molar-refractivity contribution in [2.75, 3.05) is 10.6 Å². The number of primary amides is 1. The predicted molar refractivity (Wildman–Crippen MR) is 117 cm³/mol. The largest absolute Gasteiger partial charge is 0.459 e. The first kappa shape index (κ1) is 17.9. The lowest BCUT2D eigenvalue weighted by Gasteiger charge is -2.27. The van der Waals surface area contributed by atoms with Crippen LogP contribution < -0.4 is 16.4 Å². The highest BCUT2D eigenvalue weighted by atomic mass is 16.3. The summed E-state index contributed by atoms with van der Waals surface area (Å²) in [7, 11) is 0. The maximum absolute atomic E-state index is 12.1. The molecule has 0 radical (unpaired) electrons. The average Bonchev–Trinajstić information content (AvgIpc) is 3.52. The molecule has 9 nitrogen and oxygen atoms in total. The topological polar surface area (TPSA) is 135 Å². The number of hydrogen-bond donors (Lipinski definition) is 4. The van der Waals surface area contributed by atoms with Crippen molar-refractivity contribution < 1.29 is 9.21 Å². The van der Waals surface area contributed by atoms with Crippen molar-refractivity contribution in [1.29, 1.82) is 0 Å². The average molecular weight is 415 g/mol. The molecule has 156 valence electrons. The van der Waals surface area contributed by atoms with Crippen LogP contribution in [0.1, 0.15) is 12.1 Å². The van der Waals surface area contributed by atoms with Crippen LogP contribution in [0.2, 0.25) is 0 Å². The number of rotatable bonds is 5. The van der Waals surface area contributed by atoms with Gasteiger partial charge in [-0.1, -0.05) is 12.2 Å². The molecule has 3 heterocycles. The van der Waals surface area contributed by atoms with E-state index in [1.54, 1.807) is 12.3 Å². The molecule has 1 aromatic carbocycles. The second-order valence-electron chi connectivity index (χ2n) is 8.28. The summed E-state index contributed by atoms with van der Waals surface area (Å²) in [5.74, 6) is 0.834. The van der Waals surface area contributed by atoms with Gasteiger partial charge in [-0.15, -0.1) is 0 Å². The van der Waals surface area contributed by atoms with Gasteiger partial charge < -0.3 is 20.8 Å². The highest BCUT2D eigenvalue weighted by Gasteiger charge is 2.47. The van der Waals surface area contributed by atoms with Gasteiger partial charge in [0.2, 0.25) is 11.9 Å². The van der Waals surface area contributed by atoms with Gasteiger partial charge in [-0.3, -0.25) is 9.89 Å². The van der Waals surface area contributed by atoms with Crippen molar-refractivity contribution in [3.05, 3.63) is 48.4 Å². The fourth-order valence-electron chi connectivity index (χ4n) is 4.93. The number of benzene rings is 1. The number of H-pyrrole nitrogens is 1. The number of carbonyl (C=O) groups is 1. The Bertz CT molecular complexity index is 1350. The van der Waals surface area contributed by atoms with Crippen LogP contribution in [0, 0.1) is 24.7 Å². The molecule has 4 unspecified atom stereocenters. The number of aryl methyl sites for hydroxylation is 1. The number of nitrogens with one attached hydrogen (secondary N) is 3. The van der Waals surface area contributed by atoms with E-state index in [0.29, 0.717) is 22.9 Å². The summed E-state index contributed by atoms with van der Waals surface area (Å²) in [4.78, 5) is 21.3. The summed E-state index contributed by atoms with van der Waals surface area (Å²) in [6, 6.07) is 7.58. The van der Waals surface area contributed by atoms with Gasteiger partial charge in [-0.2, -0.15) is 10.1 Å². The maximum Gasteiger partial charge on any atom is 0.229 e. The van der Waals surface area contributed by atoms with Gasteiger partial charge in [-0.25, -0.2) is 4.98 Å². The smallest absolute Gasteiger partial charge is 0.229 e. The number of allylic oxidation sites excluding steroid dienone is 1. The van der Waals surface area contributed by atoms with E-state index in [-0.39, 0.29) is 29.7 Å². The molecule has 2 aliphatic rings. The van der Waals surface area contributed by atoms with Crippen LogP contribution in [0.25, 0.3) is 22.0 Å². The zero-order valence-electron chi connectivity index (χ0n) is 16.8. The van der Waals surface area contributed by atoms with E-state index in [9.17, 15) is 4.79 Å². The molecule has 0 spiro atoms. The van der Waals surface area contributed by atoms with Crippen molar-refractivity contribution in [2.24, 2.45) is 23.5 Å². The fourth-order valence-corrected chi connectivity index (χ4v) is 4.93. The minimum Gasteiger partial charge on any atom is -0.459 e. The molecule has 1 fully saturated rings. The van der Waals surface area contributed by atoms with Gasteiger partial charge in [0.05, 0.1) is 17.7 Å². The number of nitrogens with zero attached hydrogens (tertiary/aromatic N) is 3. The second-order valence-corrected chi connectivity index (χ2v) is 8.28. The van der Waals surface area contributed by atoms with E-state index in [1.807, 2.05) is 25.1 Å². The summed E-state index contributed by atoms with van der Waals surface area (Å²) in [6.45, 7) is 1.99. The SMILES string of the molecule is Cc1[nH]nc2cc(Nc3nc(NC4C5C=CC(C5)C4C(N)=O)c4occc4n3)ccc12. The third kappa shape index (κ3) is 2.84. The number of aromatic amines is 1. The Morgan fingerprint density at radius 2 is 2.06 bits per heavy atom. The third-order valence-corrected chi connectivity index (χ3v) is 6.40. The summed E-state index contributed by atoms with van der Waals surface area (Å²) in [6.07, 6.45) is 6.76. The Kier molecular flexibility index (Phi) is 3.80. The van der Waals surface area contributed by atoms with Crippen LogP contribution in [-0.4, -0.2) is 32.1 Å². The van der Waals surface area contributed by atoms with Gasteiger partial charge in [-0.05, 0) is 43.4 Å². The summed E-state index contributed by atoms with van der Waals surface area (Å²) in [5.41, 5.74) is 9.65. The summed E-state index contributed by atoms with van der Waals surface area (Å²) < 4.78 is 5.64. The van der Waals surface area contributed by atoms with E-state index >= 15 is 0 Å². The minimum absolute atomic E-state index is 0.119. The van der Waals surface area contributed by atoms with Gasteiger partial charge >= 0.3 is 0 Å². The predicted octanol–water partition coefficient (Wildman–Crippen LogP) is 3.24. The Morgan fingerprint density at radius 1 is 1.19 bits per heavy atom. The second kappa shape index (κ2) is 6.56. The number of furan rings is 1. The van der Waals surface area contributed by atoms with Crippen LogP contribution in [0.3, 0.4) is 0 Å². The Hall–Kier alpha value is -3.88. The first-order valence-electron chi connectivity index (χ1n) is 10.3. The monoisotopic (exact) mass is 415 g/mol. The molecule has 0 aliphatic heterocycles. The highest BCUT2D eigenvalue weighted by Crippen LogP contribution is 2.45. The third-order valence-electron chi connectivity index (χ3n) is 6.40. The quantitative estimate of drug-likeness (QED) is 0.368. The summed E-state index contributed by atoms with van der Waals surface area (Å²) in [5, 5.41) is 15.1. The summed E-state index contributed by atoms with van der Waals surface area (Å²) >= 11 is 0.